The minimum Gasteiger partial charge on any atom is -0.495 e. The smallest absolute Gasteiger partial charge is 0.248 e. The fourth-order valence-corrected chi connectivity index (χ4v) is 5.20. The summed E-state index contributed by atoms with van der Waals surface area (Å²) in [6.45, 7) is 0.410. The molecule has 1 aliphatic rings. The Morgan fingerprint density at radius 1 is 1.13 bits per heavy atom. The average Bonchev–Trinajstić information content (AvgIpc) is 2.74. The Morgan fingerprint density at radius 3 is 2.33 bits per heavy atom. The van der Waals surface area contributed by atoms with Crippen LogP contribution < -0.4 is 15.8 Å². The molecule has 160 valence electrons. The molecule has 0 unspecified atom stereocenters. The number of hydrogen-bond acceptors (Lipinski definition) is 5. The quantitative estimate of drug-likeness (QED) is 0.699. The first-order chi connectivity index (χ1) is 14.2. The van der Waals surface area contributed by atoms with Crippen LogP contribution in [0.4, 0.5) is 5.69 Å². The number of carbonyl (C=O) groups excluding carboxylic acids is 2. The zero-order valence-electron chi connectivity index (χ0n) is 16.3. The van der Waals surface area contributed by atoms with Crippen LogP contribution in [-0.2, 0) is 14.8 Å². The Morgan fingerprint density at radius 2 is 1.77 bits per heavy atom. The predicted octanol–water partition coefficient (Wildman–Crippen LogP) is 2.49. The first-order valence-electron chi connectivity index (χ1n) is 9.27. The molecule has 0 aliphatic carbocycles. The first kappa shape index (κ1) is 22.1. The number of methoxy groups -OCH3 is 1. The van der Waals surface area contributed by atoms with Crippen LogP contribution in [0.25, 0.3) is 0 Å². The van der Waals surface area contributed by atoms with Gasteiger partial charge in [0.25, 0.3) is 0 Å². The van der Waals surface area contributed by atoms with Crippen molar-refractivity contribution in [2.24, 2.45) is 11.7 Å². The molecule has 2 aromatic rings. The van der Waals surface area contributed by atoms with Gasteiger partial charge in [0.05, 0.1) is 7.11 Å². The Labute approximate surface area is 180 Å². The number of sulfonamides is 1. The molecule has 0 bridgehead atoms. The van der Waals surface area contributed by atoms with Gasteiger partial charge in [-0.3, -0.25) is 9.59 Å². The van der Waals surface area contributed by atoms with Crippen molar-refractivity contribution >= 4 is 39.1 Å². The molecule has 2 amide bonds. The number of carbonyl (C=O) groups is 2. The number of primary amides is 1. The molecule has 2 aromatic carbocycles. The van der Waals surface area contributed by atoms with Gasteiger partial charge in [-0.1, -0.05) is 11.6 Å². The lowest BCUT2D eigenvalue weighted by atomic mass is 9.97. The highest BCUT2D eigenvalue weighted by Crippen LogP contribution is 2.32. The predicted molar refractivity (Wildman–Crippen MR) is 113 cm³/mol. The van der Waals surface area contributed by atoms with Gasteiger partial charge in [0.2, 0.25) is 21.8 Å². The van der Waals surface area contributed by atoms with Crippen LogP contribution in [0, 0.1) is 5.92 Å². The highest BCUT2D eigenvalue weighted by atomic mass is 35.5. The number of nitrogens with one attached hydrogen (secondary N) is 1. The summed E-state index contributed by atoms with van der Waals surface area (Å²) in [5, 5.41) is 3.09. The van der Waals surface area contributed by atoms with Crippen LogP contribution in [0.3, 0.4) is 0 Å². The number of ether oxygens (including phenoxy) is 1. The molecule has 30 heavy (non-hydrogen) atoms. The highest BCUT2D eigenvalue weighted by Gasteiger charge is 2.33. The van der Waals surface area contributed by atoms with Gasteiger partial charge >= 0.3 is 0 Å². The summed E-state index contributed by atoms with van der Waals surface area (Å²) in [6.07, 6.45) is 0.765. The molecule has 8 nitrogen and oxygen atoms in total. The van der Waals surface area contributed by atoms with Gasteiger partial charge < -0.3 is 15.8 Å². The molecule has 0 saturated carbocycles. The summed E-state index contributed by atoms with van der Waals surface area (Å²) in [6, 6.07) is 10.7. The summed E-state index contributed by atoms with van der Waals surface area (Å²) < 4.78 is 32.6. The Kier molecular flexibility index (Phi) is 6.64. The van der Waals surface area contributed by atoms with E-state index in [-0.39, 0.29) is 35.6 Å². The fraction of sp³-hybridized carbons (Fsp3) is 0.300. The summed E-state index contributed by atoms with van der Waals surface area (Å²) in [4.78, 5) is 23.7. The van der Waals surface area contributed by atoms with Crippen molar-refractivity contribution < 1.29 is 22.7 Å². The van der Waals surface area contributed by atoms with E-state index in [1.807, 2.05) is 0 Å². The van der Waals surface area contributed by atoms with E-state index in [0.717, 1.165) is 0 Å². The largest absolute Gasteiger partial charge is 0.495 e. The molecular formula is C20H22ClN3O5S. The summed E-state index contributed by atoms with van der Waals surface area (Å²) in [5.74, 6) is -0.843. The van der Waals surface area contributed by atoms with E-state index in [4.69, 9.17) is 22.1 Å². The van der Waals surface area contributed by atoms with Crippen LogP contribution >= 0.6 is 11.6 Å². The lowest BCUT2D eigenvalue weighted by Gasteiger charge is -2.31. The second kappa shape index (κ2) is 9.03. The monoisotopic (exact) mass is 451 g/mol. The molecule has 1 fully saturated rings. The van der Waals surface area contributed by atoms with Crippen molar-refractivity contribution in [1.29, 1.82) is 0 Å². The number of nitrogens with zero attached hydrogens (tertiary/aromatic N) is 1. The third-order valence-corrected chi connectivity index (χ3v) is 7.16. The molecule has 10 heteroatoms. The first-order valence-corrected chi connectivity index (χ1v) is 11.1. The summed E-state index contributed by atoms with van der Waals surface area (Å²) in [5.41, 5.74) is 6.10. The van der Waals surface area contributed by atoms with Crippen LogP contribution in [0.5, 0.6) is 5.75 Å². The number of benzene rings is 2. The lowest BCUT2D eigenvalue weighted by Crippen LogP contribution is -2.41. The number of rotatable bonds is 6. The maximum absolute atomic E-state index is 13.0. The van der Waals surface area contributed by atoms with Crippen molar-refractivity contribution in [2.75, 3.05) is 25.5 Å². The Balaban J connectivity index is 1.64. The van der Waals surface area contributed by atoms with E-state index < -0.39 is 15.9 Å². The van der Waals surface area contributed by atoms with Crippen LogP contribution in [-0.4, -0.2) is 44.7 Å². The number of halogens is 1. The minimum atomic E-state index is -3.80. The molecule has 1 saturated heterocycles. The van der Waals surface area contributed by atoms with Crippen LogP contribution in [0.15, 0.2) is 47.4 Å². The summed E-state index contributed by atoms with van der Waals surface area (Å²) in [7, 11) is -2.40. The van der Waals surface area contributed by atoms with Crippen molar-refractivity contribution in [2.45, 2.75) is 17.7 Å². The molecule has 0 radical (unpaired) electrons. The molecule has 3 rings (SSSR count). The highest BCUT2D eigenvalue weighted by molar-refractivity contribution is 7.89. The number of anilines is 1. The number of hydrogen-bond donors (Lipinski definition) is 2. The Hall–Kier alpha value is -2.62. The van der Waals surface area contributed by atoms with Gasteiger partial charge in [-0.2, -0.15) is 4.31 Å². The molecule has 1 aliphatic heterocycles. The molecule has 3 N–H and O–H groups in total. The van der Waals surface area contributed by atoms with Crippen LogP contribution in [0.1, 0.15) is 23.2 Å². The number of nitrogens with two attached hydrogens (primary N) is 1. The molecular weight excluding hydrogens is 430 g/mol. The third kappa shape index (κ3) is 4.75. The second-order valence-corrected chi connectivity index (χ2v) is 9.25. The fourth-order valence-electron chi connectivity index (χ4n) is 3.31. The average molecular weight is 452 g/mol. The van der Waals surface area contributed by atoms with Crippen molar-refractivity contribution in [3.63, 3.8) is 0 Å². The summed E-state index contributed by atoms with van der Waals surface area (Å²) >= 11 is 5.97. The Bertz CT molecular complexity index is 1050. The van der Waals surface area contributed by atoms with E-state index in [0.29, 0.717) is 29.1 Å². The lowest BCUT2D eigenvalue weighted by molar-refractivity contribution is -0.120. The van der Waals surface area contributed by atoms with E-state index in [2.05, 4.69) is 5.32 Å². The van der Waals surface area contributed by atoms with E-state index in [1.165, 1.54) is 35.7 Å². The van der Waals surface area contributed by atoms with E-state index in [1.54, 1.807) is 18.2 Å². The maximum atomic E-state index is 13.0. The van der Waals surface area contributed by atoms with Gasteiger partial charge in [-0.15, -0.1) is 0 Å². The number of piperidine rings is 1. The van der Waals surface area contributed by atoms with Crippen LogP contribution in [0.2, 0.25) is 5.02 Å². The molecule has 0 spiro atoms. The zero-order chi connectivity index (χ0) is 21.9. The van der Waals surface area contributed by atoms with Gasteiger partial charge in [0.1, 0.15) is 10.6 Å². The van der Waals surface area contributed by atoms with Crippen molar-refractivity contribution in [3.8, 4) is 5.75 Å². The van der Waals surface area contributed by atoms with Crippen molar-refractivity contribution in [1.82, 2.24) is 4.31 Å². The third-order valence-electron chi connectivity index (χ3n) is 5.01. The minimum absolute atomic E-state index is 0.00921. The number of amides is 2. The maximum Gasteiger partial charge on any atom is 0.248 e. The van der Waals surface area contributed by atoms with Crippen molar-refractivity contribution in [3.05, 3.63) is 53.1 Å². The molecule has 1 heterocycles. The van der Waals surface area contributed by atoms with Gasteiger partial charge in [-0.25, -0.2) is 8.42 Å². The topological polar surface area (TPSA) is 119 Å². The van der Waals surface area contributed by atoms with Gasteiger partial charge in [-0.05, 0) is 55.3 Å². The van der Waals surface area contributed by atoms with Gasteiger partial charge in [0.15, 0.2) is 0 Å². The van der Waals surface area contributed by atoms with Gasteiger partial charge in [0, 0.05) is 35.3 Å². The SMILES string of the molecule is COc1ccc(Cl)cc1S(=O)(=O)N1CCC(C(=O)Nc2ccc(C(N)=O)cc2)CC1. The standard InChI is InChI=1S/C20H22ClN3O5S/c1-29-17-7-4-15(21)12-18(17)30(27,28)24-10-8-14(9-11-24)20(26)23-16-5-2-13(3-6-16)19(22)25/h2-7,12,14H,8-11H2,1H3,(H2,22,25)(H,23,26). The van der Waals surface area contributed by atoms with E-state index in [9.17, 15) is 18.0 Å². The zero-order valence-corrected chi connectivity index (χ0v) is 17.9. The second-order valence-electron chi connectivity index (χ2n) is 6.90. The van der Waals surface area contributed by atoms with E-state index >= 15 is 0 Å². The molecule has 0 atom stereocenters. The molecule has 0 aromatic heterocycles. The normalized spacial score (nSPS) is 15.5.